The largest absolute Gasteiger partial charge is 0.0937 e. The van der Waals surface area contributed by atoms with Crippen molar-refractivity contribution in [1.29, 1.82) is 0 Å². The molecular weight excluding hydrogens is 87.1 g/mol. The van der Waals surface area contributed by atoms with Crippen molar-refractivity contribution < 1.29 is 0 Å². The summed E-state index contributed by atoms with van der Waals surface area (Å²) in [7, 11) is 0.846. The molecule has 0 aliphatic rings. The van der Waals surface area contributed by atoms with E-state index in [2.05, 4.69) is 18.4 Å². The summed E-state index contributed by atoms with van der Waals surface area (Å²) in [6.07, 6.45) is 0. The fraction of sp³-hybridized carbons (Fsp3) is 0. The van der Waals surface area contributed by atoms with E-state index < -0.39 is 0 Å². The van der Waals surface area contributed by atoms with Crippen LogP contribution >= 0.6 is 7.36 Å². The molecule has 0 rings (SSSR count). The smallest absolute Gasteiger partial charge is 0.00118 e. The van der Waals surface area contributed by atoms with Crippen LogP contribution in [0.3, 0.4) is 0 Å². The standard InChI is InChI=1S/C2H3PS/c1-2-3-4/h2H,1H2. The minimum atomic E-state index is 0.846. The van der Waals surface area contributed by atoms with Crippen molar-refractivity contribution >= 4 is 19.2 Å². The summed E-state index contributed by atoms with van der Waals surface area (Å²) in [4.78, 5) is 0. The first-order chi connectivity index (χ1) is 1.91. The Hall–Kier alpha value is 0.260. The van der Waals surface area contributed by atoms with Gasteiger partial charge in [-0.3, -0.25) is 0 Å². The zero-order chi connectivity index (χ0) is 3.41. The third-order valence-corrected chi connectivity index (χ3v) is 0.671. The molecule has 0 fully saturated rings. The predicted octanol–water partition coefficient (Wildman–Crippen LogP) is 1.54. The van der Waals surface area contributed by atoms with Crippen LogP contribution < -0.4 is 0 Å². The van der Waals surface area contributed by atoms with Crippen LogP contribution in [0.2, 0.25) is 0 Å². The summed E-state index contributed by atoms with van der Waals surface area (Å²) in [5.41, 5.74) is 0. The van der Waals surface area contributed by atoms with Crippen molar-refractivity contribution in [2.45, 2.75) is 0 Å². The van der Waals surface area contributed by atoms with Crippen LogP contribution in [0, 0.1) is 0 Å². The molecule has 0 heterocycles. The molecule has 4 heavy (non-hydrogen) atoms. The number of hydrogen-bond acceptors (Lipinski definition) is 1. The Balaban J connectivity index is 2.73. The summed E-state index contributed by atoms with van der Waals surface area (Å²) < 4.78 is 0. The van der Waals surface area contributed by atoms with Gasteiger partial charge in [-0.25, -0.2) is 0 Å². The zero-order valence-corrected chi connectivity index (χ0v) is 3.85. The minimum absolute atomic E-state index is 0.846. The quantitative estimate of drug-likeness (QED) is 0.440. The van der Waals surface area contributed by atoms with Crippen LogP contribution in [0.5, 0.6) is 0 Å². The summed E-state index contributed by atoms with van der Waals surface area (Å²) >= 11 is 4.41. The van der Waals surface area contributed by atoms with Crippen molar-refractivity contribution in [2.24, 2.45) is 0 Å². The van der Waals surface area contributed by atoms with Gasteiger partial charge in [0.05, 0.1) is 0 Å². The van der Waals surface area contributed by atoms with Gasteiger partial charge in [0.1, 0.15) is 0 Å². The fourth-order valence-electron chi connectivity index (χ4n) is 0. The predicted molar refractivity (Wildman–Crippen MR) is 24.5 cm³/mol. The Labute approximate surface area is 32.4 Å². The van der Waals surface area contributed by atoms with Crippen LogP contribution in [-0.2, 0) is 11.8 Å². The van der Waals surface area contributed by atoms with E-state index >= 15 is 0 Å². The second-order valence-electron chi connectivity index (χ2n) is 0.288. The lowest BCUT2D eigenvalue weighted by Gasteiger charge is -1.39. The van der Waals surface area contributed by atoms with Gasteiger partial charge in [0, 0.05) is 7.36 Å². The van der Waals surface area contributed by atoms with Crippen LogP contribution in [-0.4, -0.2) is 0 Å². The fourth-order valence-corrected chi connectivity index (χ4v) is 0. The van der Waals surface area contributed by atoms with Crippen LogP contribution in [0.25, 0.3) is 0 Å². The molecule has 0 unspecified atom stereocenters. The van der Waals surface area contributed by atoms with E-state index in [1.54, 1.807) is 5.82 Å². The van der Waals surface area contributed by atoms with Crippen molar-refractivity contribution in [3.05, 3.63) is 12.4 Å². The molecule has 0 radical (unpaired) electrons. The van der Waals surface area contributed by atoms with Gasteiger partial charge in [-0.15, -0.1) is 0 Å². The molecule has 0 aliphatic heterocycles. The summed E-state index contributed by atoms with van der Waals surface area (Å²) in [5.74, 6) is 1.66. The average Bonchev–Trinajstić information content (AvgIpc) is 1.37. The summed E-state index contributed by atoms with van der Waals surface area (Å²) in [5, 5.41) is 0. The van der Waals surface area contributed by atoms with E-state index in [1.807, 2.05) is 0 Å². The van der Waals surface area contributed by atoms with E-state index in [0.29, 0.717) is 0 Å². The molecule has 0 saturated carbocycles. The van der Waals surface area contributed by atoms with E-state index in [9.17, 15) is 0 Å². The van der Waals surface area contributed by atoms with Gasteiger partial charge < -0.3 is 0 Å². The first kappa shape index (κ1) is 4.26. The zero-order valence-electron chi connectivity index (χ0n) is 2.14. The molecule has 0 saturated heterocycles. The summed E-state index contributed by atoms with van der Waals surface area (Å²) in [6, 6.07) is 0. The van der Waals surface area contributed by atoms with E-state index in [0.717, 1.165) is 7.36 Å². The molecule has 22 valence electrons. The van der Waals surface area contributed by atoms with E-state index in [1.165, 1.54) is 0 Å². The maximum absolute atomic E-state index is 4.41. The van der Waals surface area contributed by atoms with Crippen LogP contribution in [0.4, 0.5) is 0 Å². The highest BCUT2D eigenvalue weighted by Gasteiger charge is 1.34. The molecule has 2 heteroatoms. The van der Waals surface area contributed by atoms with Crippen LogP contribution in [0.1, 0.15) is 0 Å². The Morgan fingerprint density at radius 2 is 2.25 bits per heavy atom. The number of hydrogen-bond donors (Lipinski definition) is 0. The molecule has 0 aromatic heterocycles. The molecule has 0 aromatic carbocycles. The third-order valence-electron chi connectivity index (χ3n) is 0.0745. The molecule has 0 atom stereocenters. The number of rotatable bonds is 1. The Bertz CT molecular complexity index is 27.0. The molecule has 0 bridgehead atoms. The maximum Gasteiger partial charge on any atom is 0.00118 e. The lowest BCUT2D eigenvalue weighted by Crippen LogP contribution is -1.01. The Morgan fingerprint density at radius 3 is 2.25 bits per heavy atom. The highest BCUT2D eigenvalue weighted by molar-refractivity contribution is 7.97. The maximum atomic E-state index is 4.41. The van der Waals surface area contributed by atoms with Crippen LogP contribution in [0.15, 0.2) is 12.4 Å². The van der Waals surface area contributed by atoms with Gasteiger partial charge in [-0.2, -0.15) is 0 Å². The van der Waals surface area contributed by atoms with E-state index in [4.69, 9.17) is 0 Å². The van der Waals surface area contributed by atoms with E-state index in [-0.39, 0.29) is 0 Å². The van der Waals surface area contributed by atoms with Gasteiger partial charge in [0.25, 0.3) is 0 Å². The van der Waals surface area contributed by atoms with Gasteiger partial charge in [0.2, 0.25) is 0 Å². The highest BCUT2D eigenvalue weighted by Crippen LogP contribution is 1.85. The van der Waals surface area contributed by atoms with Crippen molar-refractivity contribution in [1.82, 2.24) is 0 Å². The monoisotopic (exact) mass is 90.0 g/mol. The highest BCUT2D eigenvalue weighted by atomic mass is 32.4. The molecule has 0 spiro atoms. The topological polar surface area (TPSA) is 0 Å². The molecule has 0 aromatic rings. The average molecular weight is 90.1 g/mol. The second-order valence-corrected chi connectivity index (χ2v) is 1.50. The lowest BCUT2D eigenvalue weighted by atomic mass is 11.3. The Kier molecular flexibility index (Phi) is 3.47. The SMILES string of the molecule is C=CP=S. The van der Waals surface area contributed by atoms with Crippen molar-refractivity contribution in [3.63, 3.8) is 0 Å². The first-order valence-corrected chi connectivity index (χ1v) is 2.83. The normalized spacial score (nSPS) is 7.00. The van der Waals surface area contributed by atoms with Gasteiger partial charge in [-0.1, -0.05) is 18.4 Å². The molecule has 0 N–H and O–H groups in total. The summed E-state index contributed by atoms with van der Waals surface area (Å²) in [6.45, 7) is 3.36. The Morgan fingerprint density at radius 1 is 2.00 bits per heavy atom. The van der Waals surface area contributed by atoms with Crippen molar-refractivity contribution in [2.75, 3.05) is 0 Å². The van der Waals surface area contributed by atoms with Gasteiger partial charge in [-0.05, 0) is 5.82 Å². The van der Waals surface area contributed by atoms with Gasteiger partial charge >= 0.3 is 0 Å². The third kappa shape index (κ3) is 2.26. The molecular formula is C2H3PS. The first-order valence-electron chi connectivity index (χ1n) is 0.849. The van der Waals surface area contributed by atoms with Gasteiger partial charge in [0.15, 0.2) is 0 Å². The van der Waals surface area contributed by atoms with Crippen molar-refractivity contribution in [3.8, 4) is 0 Å². The minimum Gasteiger partial charge on any atom is -0.0937 e. The second kappa shape index (κ2) is 3.26. The molecule has 0 aliphatic carbocycles. The molecule has 0 amide bonds. The lowest BCUT2D eigenvalue weighted by molar-refractivity contribution is 2.68. The molecule has 0 nitrogen and oxygen atoms in total.